The number of pyridine rings is 1. The number of carbonyl (C=O) groups excluding carboxylic acids is 2. The standard InChI is InChI=1S/C27H27N3O8S/c1-16-12-21-19(13-18(16)25(32)37-4)29-27(39(34)14-20-24(36-3)22(35-2)10-11-28-20)30(21)15-38-26(33)23(31)17-8-6-5-7-9-17/h5-13,23,31H,14-15H2,1-4H3/t23-,39-/m1/s1. The van der Waals surface area contributed by atoms with E-state index in [0.717, 1.165) is 0 Å². The number of aliphatic hydroxyl groups is 1. The molecule has 0 fully saturated rings. The molecule has 2 atom stereocenters. The first-order valence-electron chi connectivity index (χ1n) is 11.7. The minimum atomic E-state index is -1.80. The molecule has 0 spiro atoms. The van der Waals surface area contributed by atoms with Crippen LogP contribution in [0.25, 0.3) is 11.0 Å². The second-order valence-corrected chi connectivity index (χ2v) is 9.70. The molecule has 0 saturated carbocycles. The zero-order chi connectivity index (χ0) is 28.1. The smallest absolute Gasteiger partial charge is 0.341 e. The molecule has 2 heterocycles. The largest absolute Gasteiger partial charge is 0.493 e. The third-order valence-corrected chi connectivity index (χ3v) is 7.23. The quantitative estimate of drug-likeness (QED) is 0.292. The van der Waals surface area contributed by atoms with E-state index in [0.29, 0.717) is 44.9 Å². The van der Waals surface area contributed by atoms with Crippen molar-refractivity contribution in [1.29, 1.82) is 0 Å². The molecule has 12 heteroatoms. The van der Waals surface area contributed by atoms with E-state index in [1.54, 1.807) is 49.4 Å². The second-order valence-electron chi connectivity index (χ2n) is 8.36. The summed E-state index contributed by atoms with van der Waals surface area (Å²) >= 11 is 0. The van der Waals surface area contributed by atoms with Crippen molar-refractivity contribution < 1.29 is 37.9 Å². The Labute approximate surface area is 226 Å². The fourth-order valence-electron chi connectivity index (χ4n) is 4.00. The van der Waals surface area contributed by atoms with Crippen LogP contribution in [0.5, 0.6) is 11.5 Å². The molecule has 0 amide bonds. The Bertz CT molecular complexity index is 1540. The Morgan fingerprint density at radius 3 is 2.49 bits per heavy atom. The minimum absolute atomic E-state index is 0.0695. The van der Waals surface area contributed by atoms with Gasteiger partial charge in [-0.25, -0.2) is 14.6 Å². The first kappa shape index (κ1) is 27.7. The molecule has 4 aromatic rings. The molecule has 39 heavy (non-hydrogen) atoms. The van der Waals surface area contributed by atoms with Crippen molar-refractivity contribution in [3.8, 4) is 11.5 Å². The monoisotopic (exact) mass is 553 g/mol. The van der Waals surface area contributed by atoms with Crippen LogP contribution in [-0.4, -0.2) is 57.1 Å². The summed E-state index contributed by atoms with van der Waals surface area (Å²) in [5.74, 6) is -0.770. The Morgan fingerprint density at radius 2 is 1.82 bits per heavy atom. The van der Waals surface area contributed by atoms with Gasteiger partial charge in [0, 0.05) is 12.3 Å². The van der Waals surface area contributed by atoms with Crippen molar-refractivity contribution >= 4 is 33.8 Å². The predicted octanol–water partition coefficient (Wildman–Crippen LogP) is 3.09. The predicted molar refractivity (Wildman–Crippen MR) is 141 cm³/mol. The molecular formula is C27H27N3O8S. The second kappa shape index (κ2) is 12.0. The van der Waals surface area contributed by atoms with E-state index in [-0.39, 0.29) is 17.6 Å². The maximum absolute atomic E-state index is 13.6. The number of aliphatic hydroxyl groups excluding tert-OH is 1. The lowest BCUT2D eigenvalue weighted by molar-refractivity contribution is -0.158. The number of aryl methyl sites for hydroxylation is 1. The van der Waals surface area contributed by atoms with Gasteiger partial charge in [-0.2, -0.15) is 0 Å². The fraction of sp³-hybridized carbons (Fsp3) is 0.259. The van der Waals surface area contributed by atoms with Crippen LogP contribution in [0.15, 0.2) is 59.9 Å². The normalized spacial score (nSPS) is 12.5. The van der Waals surface area contributed by atoms with E-state index in [2.05, 4.69) is 9.97 Å². The van der Waals surface area contributed by atoms with Crippen LogP contribution in [0.3, 0.4) is 0 Å². The molecule has 0 aliphatic rings. The lowest BCUT2D eigenvalue weighted by Crippen LogP contribution is -2.19. The van der Waals surface area contributed by atoms with Gasteiger partial charge in [0.05, 0.1) is 60.2 Å². The number of fused-ring (bicyclic) bond motifs is 1. The topological polar surface area (TPSA) is 139 Å². The van der Waals surface area contributed by atoms with Gasteiger partial charge in [-0.3, -0.25) is 13.8 Å². The molecule has 0 saturated heterocycles. The Hall–Kier alpha value is -4.29. The number of nitrogens with zero attached hydrogens (tertiary/aromatic N) is 3. The molecular weight excluding hydrogens is 526 g/mol. The highest BCUT2D eigenvalue weighted by Crippen LogP contribution is 2.31. The average Bonchev–Trinajstić information content (AvgIpc) is 3.32. The maximum Gasteiger partial charge on any atom is 0.341 e. The van der Waals surface area contributed by atoms with Crippen LogP contribution in [0.1, 0.15) is 33.3 Å². The number of rotatable bonds is 10. The number of carbonyl (C=O) groups is 2. The summed E-state index contributed by atoms with van der Waals surface area (Å²) in [6.07, 6.45) is 0.00290. The van der Waals surface area contributed by atoms with E-state index < -0.39 is 28.8 Å². The zero-order valence-electron chi connectivity index (χ0n) is 21.7. The highest BCUT2D eigenvalue weighted by atomic mass is 32.2. The van der Waals surface area contributed by atoms with Crippen molar-refractivity contribution in [2.45, 2.75) is 30.7 Å². The summed E-state index contributed by atoms with van der Waals surface area (Å²) < 4.78 is 36.1. The molecule has 0 aliphatic heterocycles. The maximum atomic E-state index is 13.6. The van der Waals surface area contributed by atoms with E-state index in [4.69, 9.17) is 18.9 Å². The van der Waals surface area contributed by atoms with Gasteiger partial charge in [0.25, 0.3) is 0 Å². The lowest BCUT2D eigenvalue weighted by Gasteiger charge is -2.14. The van der Waals surface area contributed by atoms with Gasteiger partial charge < -0.3 is 24.1 Å². The van der Waals surface area contributed by atoms with Crippen molar-refractivity contribution in [3.63, 3.8) is 0 Å². The first-order chi connectivity index (χ1) is 18.8. The van der Waals surface area contributed by atoms with E-state index >= 15 is 0 Å². The van der Waals surface area contributed by atoms with Gasteiger partial charge >= 0.3 is 11.9 Å². The van der Waals surface area contributed by atoms with Gasteiger partial charge in [0.15, 0.2) is 24.3 Å². The summed E-state index contributed by atoms with van der Waals surface area (Å²) in [5, 5.41) is 10.5. The van der Waals surface area contributed by atoms with Gasteiger partial charge in [0.1, 0.15) is 0 Å². The summed E-state index contributed by atoms with van der Waals surface area (Å²) in [4.78, 5) is 33.7. The molecule has 0 aliphatic carbocycles. The molecule has 1 N–H and O–H groups in total. The van der Waals surface area contributed by atoms with Crippen LogP contribution in [0.4, 0.5) is 0 Å². The number of hydrogen-bond donors (Lipinski definition) is 1. The number of esters is 2. The van der Waals surface area contributed by atoms with Crippen LogP contribution in [-0.2, 0) is 37.6 Å². The molecule has 2 aromatic heterocycles. The van der Waals surface area contributed by atoms with Crippen molar-refractivity contribution in [1.82, 2.24) is 14.5 Å². The Morgan fingerprint density at radius 1 is 1.08 bits per heavy atom. The van der Waals surface area contributed by atoms with Gasteiger partial charge in [0.2, 0.25) is 5.16 Å². The molecule has 0 unspecified atom stereocenters. The third-order valence-electron chi connectivity index (χ3n) is 5.98. The van der Waals surface area contributed by atoms with E-state index in [1.165, 1.54) is 38.2 Å². The van der Waals surface area contributed by atoms with Gasteiger partial charge in [-0.1, -0.05) is 30.3 Å². The number of hydrogen-bond acceptors (Lipinski definition) is 10. The summed E-state index contributed by atoms with van der Waals surface area (Å²) in [6, 6.07) is 13.2. The molecule has 11 nitrogen and oxygen atoms in total. The third kappa shape index (κ3) is 5.76. The van der Waals surface area contributed by atoms with Crippen molar-refractivity contribution in [2.24, 2.45) is 0 Å². The minimum Gasteiger partial charge on any atom is -0.493 e. The average molecular weight is 554 g/mol. The first-order valence-corrected chi connectivity index (χ1v) is 13.0. The van der Waals surface area contributed by atoms with Gasteiger partial charge in [-0.05, 0) is 30.2 Å². The number of benzene rings is 2. The number of ether oxygens (including phenoxy) is 4. The molecule has 4 rings (SSSR count). The van der Waals surface area contributed by atoms with E-state index in [9.17, 15) is 18.9 Å². The summed E-state index contributed by atoms with van der Waals surface area (Å²) in [7, 11) is 2.41. The van der Waals surface area contributed by atoms with Gasteiger partial charge in [-0.15, -0.1) is 0 Å². The number of aromatic nitrogens is 3. The van der Waals surface area contributed by atoms with Crippen molar-refractivity contribution in [3.05, 3.63) is 77.1 Å². The number of imidazole rings is 1. The van der Waals surface area contributed by atoms with Crippen LogP contribution >= 0.6 is 0 Å². The highest BCUT2D eigenvalue weighted by Gasteiger charge is 2.25. The summed E-state index contributed by atoms with van der Waals surface area (Å²) in [5.41, 5.74) is 2.43. The SMILES string of the molecule is COC(=O)c1cc2nc([S@](=O)Cc3nccc(OC)c3OC)n(COC(=O)[C@H](O)c3ccccc3)c2cc1C. The zero-order valence-corrected chi connectivity index (χ0v) is 22.6. The fourth-order valence-corrected chi connectivity index (χ4v) is 5.18. The van der Waals surface area contributed by atoms with Crippen molar-refractivity contribution in [2.75, 3.05) is 21.3 Å². The lowest BCUT2D eigenvalue weighted by atomic mass is 10.1. The van der Waals surface area contributed by atoms with Crippen LogP contribution in [0, 0.1) is 6.92 Å². The number of methoxy groups -OCH3 is 3. The molecule has 204 valence electrons. The van der Waals surface area contributed by atoms with Crippen LogP contribution < -0.4 is 9.47 Å². The summed E-state index contributed by atoms with van der Waals surface area (Å²) in [6.45, 7) is 1.33. The Kier molecular flexibility index (Phi) is 8.57. The molecule has 0 bridgehead atoms. The van der Waals surface area contributed by atoms with Crippen LogP contribution in [0.2, 0.25) is 0 Å². The van der Waals surface area contributed by atoms with E-state index in [1.807, 2.05) is 0 Å². The molecule has 0 radical (unpaired) electrons. The highest BCUT2D eigenvalue weighted by molar-refractivity contribution is 7.84. The Balaban J connectivity index is 1.72. The molecule has 2 aromatic carbocycles.